The molecule has 0 heterocycles. The molecule has 0 aliphatic rings. The van der Waals surface area contributed by atoms with Crippen LogP contribution >= 0.6 is 0 Å². The first kappa shape index (κ1) is 14.2. The normalized spacial score (nSPS) is 13.4. The van der Waals surface area contributed by atoms with Gasteiger partial charge in [0, 0.05) is 23.7 Å². The van der Waals surface area contributed by atoms with Crippen LogP contribution in [-0.2, 0) is 10.8 Å². The highest BCUT2D eigenvalue weighted by atomic mass is 32.2. The first-order chi connectivity index (χ1) is 7.98. The molecule has 4 heteroatoms. The van der Waals surface area contributed by atoms with Crippen LogP contribution in [0.5, 0.6) is 5.75 Å². The van der Waals surface area contributed by atoms with Gasteiger partial charge in [-0.2, -0.15) is 0 Å². The summed E-state index contributed by atoms with van der Waals surface area (Å²) in [5.41, 5.74) is -0.389. The van der Waals surface area contributed by atoms with Crippen molar-refractivity contribution in [2.45, 2.75) is 37.7 Å². The van der Waals surface area contributed by atoms with Crippen molar-refractivity contribution in [3.63, 3.8) is 0 Å². The molecule has 0 bridgehead atoms. The fraction of sp³-hybridized carbons (Fsp3) is 0.538. The minimum atomic E-state index is -0.921. The zero-order valence-corrected chi connectivity index (χ0v) is 11.4. The van der Waals surface area contributed by atoms with Gasteiger partial charge in [0.05, 0.1) is 10.8 Å². The molecule has 1 atom stereocenters. The van der Waals surface area contributed by atoms with Gasteiger partial charge in [0.1, 0.15) is 11.4 Å². The van der Waals surface area contributed by atoms with Gasteiger partial charge < -0.3 is 9.84 Å². The van der Waals surface area contributed by atoms with Crippen LogP contribution in [0, 0.1) is 0 Å². The van der Waals surface area contributed by atoms with Crippen LogP contribution in [0.2, 0.25) is 0 Å². The molecule has 0 spiro atoms. The fourth-order valence-electron chi connectivity index (χ4n) is 1.47. The average Bonchev–Trinajstić information content (AvgIpc) is 2.28. The van der Waals surface area contributed by atoms with Gasteiger partial charge >= 0.3 is 0 Å². The summed E-state index contributed by atoms with van der Waals surface area (Å²) < 4.78 is 17.3. The van der Waals surface area contributed by atoms with Gasteiger partial charge in [0.25, 0.3) is 0 Å². The lowest BCUT2D eigenvalue weighted by atomic mass is 10.1. The summed E-state index contributed by atoms with van der Waals surface area (Å²) in [5, 5.41) is 8.91. The highest BCUT2D eigenvalue weighted by molar-refractivity contribution is 7.85. The van der Waals surface area contributed by atoms with Gasteiger partial charge in [-0.15, -0.1) is 0 Å². The molecular weight excluding hydrogens is 236 g/mol. The SMILES string of the molecule is CCS(=O)c1ccc(OC(C)(C)CCO)cc1. The van der Waals surface area contributed by atoms with E-state index in [9.17, 15) is 4.21 Å². The molecule has 0 aliphatic heterocycles. The van der Waals surface area contributed by atoms with E-state index < -0.39 is 10.8 Å². The smallest absolute Gasteiger partial charge is 0.120 e. The molecule has 17 heavy (non-hydrogen) atoms. The van der Waals surface area contributed by atoms with E-state index in [0.29, 0.717) is 12.2 Å². The Labute approximate surface area is 105 Å². The van der Waals surface area contributed by atoms with E-state index in [1.807, 2.05) is 45.0 Å². The molecule has 1 aromatic carbocycles. The predicted octanol–water partition coefficient (Wildman–Crippen LogP) is 2.35. The summed E-state index contributed by atoms with van der Waals surface area (Å²) in [6.45, 7) is 5.86. The third kappa shape index (κ3) is 4.48. The largest absolute Gasteiger partial charge is 0.488 e. The van der Waals surface area contributed by atoms with Gasteiger partial charge in [0.15, 0.2) is 0 Å². The van der Waals surface area contributed by atoms with Crippen molar-refractivity contribution in [3.8, 4) is 5.75 Å². The number of aliphatic hydroxyl groups excluding tert-OH is 1. The standard InChI is InChI=1S/C13H20O3S/c1-4-17(15)12-7-5-11(6-8-12)16-13(2,3)9-10-14/h5-8,14H,4,9-10H2,1-3H3. The zero-order valence-electron chi connectivity index (χ0n) is 10.6. The van der Waals surface area contributed by atoms with Crippen molar-refractivity contribution < 1.29 is 14.1 Å². The molecular formula is C13H20O3S. The van der Waals surface area contributed by atoms with Crippen molar-refractivity contribution in [1.82, 2.24) is 0 Å². The summed E-state index contributed by atoms with van der Waals surface area (Å²) in [4.78, 5) is 0.819. The van der Waals surface area contributed by atoms with Gasteiger partial charge in [-0.05, 0) is 38.1 Å². The van der Waals surface area contributed by atoms with Crippen LogP contribution in [0.4, 0.5) is 0 Å². The Morgan fingerprint density at radius 1 is 1.29 bits per heavy atom. The summed E-state index contributed by atoms with van der Waals surface area (Å²) >= 11 is 0. The minimum absolute atomic E-state index is 0.102. The van der Waals surface area contributed by atoms with Crippen LogP contribution in [0.1, 0.15) is 27.2 Å². The molecule has 0 aliphatic carbocycles. The lowest BCUT2D eigenvalue weighted by Crippen LogP contribution is -2.29. The molecule has 0 saturated heterocycles. The van der Waals surface area contributed by atoms with E-state index in [-0.39, 0.29) is 12.2 Å². The van der Waals surface area contributed by atoms with E-state index in [1.165, 1.54) is 0 Å². The summed E-state index contributed by atoms with van der Waals surface area (Å²) in [5.74, 6) is 1.36. The minimum Gasteiger partial charge on any atom is -0.488 e. The summed E-state index contributed by atoms with van der Waals surface area (Å²) in [7, 11) is -0.921. The molecule has 0 saturated carbocycles. The number of benzene rings is 1. The summed E-state index contributed by atoms with van der Waals surface area (Å²) in [6.07, 6.45) is 0.579. The third-order valence-electron chi connectivity index (χ3n) is 2.46. The van der Waals surface area contributed by atoms with Crippen molar-refractivity contribution in [2.75, 3.05) is 12.4 Å². The Balaban J connectivity index is 2.71. The molecule has 1 aromatic rings. The van der Waals surface area contributed by atoms with Crippen LogP contribution in [-0.4, -0.2) is 27.3 Å². The van der Waals surface area contributed by atoms with E-state index in [4.69, 9.17) is 9.84 Å². The second kappa shape index (κ2) is 6.17. The molecule has 1 rings (SSSR count). The van der Waals surface area contributed by atoms with Crippen molar-refractivity contribution in [1.29, 1.82) is 0 Å². The molecule has 0 radical (unpaired) electrons. The number of rotatable bonds is 6. The lowest BCUT2D eigenvalue weighted by Gasteiger charge is -2.25. The van der Waals surface area contributed by atoms with Crippen LogP contribution in [0.15, 0.2) is 29.2 Å². The topological polar surface area (TPSA) is 46.5 Å². The first-order valence-electron chi connectivity index (χ1n) is 5.77. The van der Waals surface area contributed by atoms with E-state index in [1.54, 1.807) is 0 Å². The maximum absolute atomic E-state index is 11.5. The van der Waals surface area contributed by atoms with Gasteiger partial charge in [-0.1, -0.05) is 6.92 Å². The highest BCUT2D eigenvalue weighted by Gasteiger charge is 2.18. The first-order valence-corrected chi connectivity index (χ1v) is 7.08. The van der Waals surface area contributed by atoms with Gasteiger partial charge in [-0.3, -0.25) is 4.21 Å². The van der Waals surface area contributed by atoms with Gasteiger partial charge in [-0.25, -0.2) is 0 Å². The van der Waals surface area contributed by atoms with Crippen LogP contribution in [0.25, 0.3) is 0 Å². The number of hydrogen-bond donors (Lipinski definition) is 1. The number of ether oxygens (including phenoxy) is 1. The lowest BCUT2D eigenvalue weighted by molar-refractivity contribution is 0.0764. The average molecular weight is 256 g/mol. The Bertz CT molecular complexity index is 371. The molecule has 3 nitrogen and oxygen atoms in total. The van der Waals surface area contributed by atoms with Crippen molar-refractivity contribution in [3.05, 3.63) is 24.3 Å². The molecule has 96 valence electrons. The molecule has 0 aromatic heterocycles. The monoisotopic (exact) mass is 256 g/mol. The Morgan fingerprint density at radius 2 is 1.88 bits per heavy atom. The molecule has 1 unspecified atom stereocenters. The molecule has 0 fully saturated rings. The quantitative estimate of drug-likeness (QED) is 0.850. The Kier molecular flexibility index (Phi) is 5.15. The van der Waals surface area contributed by atoms with Crippen molar-refractivity contribution in [2.24, 2.45) is 0 Å². The number of aliphatic hydroxyl groups is 1. The van der Waals surface area contributed by atoms with E-state index >= 15 is 0 Å². The molecule has 1 N–H and O–H groups in total. The third-order valence-corrected chi connectivity index (χ3v) is 3.78. The zero-order chi connectivity index (χ0) is 12.9. The van der Waals surface area contributed by atoms with Crippen LogP contribution in [0.3, 0.4) is 0 Å². The highest BCUT2D eigenvalue weighted by Crippen LogP contribution is 2.22. The Morgan fingerprint density at radius 3 is 2.35 bits per heavy atom. The van der Waals surface area contributed by atoms with Crippen molar-refractivity contribution >= 4 is 10.8 Å². The second-order valence-corrected chi connectivity index (χ2v) is 6.18. The second-order valence-electron chi connectivity index (χ2n) is 4.44. The van der Waals surface area contributed by atoms with Gasteiger partial charge in [0.2, 0.25) is 0 Å². The van der Waals surface area contributed by atoms with Crippen LogP contribution < -0.4 is 4.74 Å². The fourth-order valence-corrected chi connectivity index (χ4v) is 2.24. The number of hydrogen-bond acceptors (Lipinski definition) is 3. The van der Waals surface area contributed by atoms with E-state index in [2.05, 4.69) is 0 Å². The molecule has 0 amide bonds. The maximum atomic E-state index is 11.5. The maximum Gasteiger partial charge on any atom is 0.120 e. The summed E-state index contributed by atoms with van der Waals surface area (Å²) in [6, 6.07) is 7.29. The Hall–Kier alpha value is -0.870. The van der Waals surface area contributed by atoms with E-state index in [0.717, 1.165) is 10.6 Å². The predicted molar refractivity (Wildman–Crippen MR) is 69.8 cm³/mol.